The number of carbonyl (C=O) groups excluding carboxylic acids is 2. The molecule has 2 aromatic rings. The topological polar surface area (TPSA) is 70.7 Å². The average Bonchev–Trinajstić information content (AvgIpc) is 2.75. The highest BCUT2D eigenvalue weighted by molar-refractivity contribution is 5.96. The van der Waals surface area contributed by atoms with Crippen molar-refractivity contribution in [3.8, 4) is 0 Å². The van der Waals surface area contributed by atoms with Crippen molar-refractivity contribution in [2.24, 2.45) is 0 Å². The first-order chi connectivity index (χ1) is 14.2. The number of para-hydroxylation sites is 1. The van der Waals surface area contributed by atoms with Gasteiger partial charge in [-0.3, -0.25) is 4.79 Å². The van der Waals surface area contributed by atoms with E-state index in [1.54, 1.807) is 19.1 Å². The van der Waals surface area contributed by atoms with Gasteiger partial charge in [-0.1, -0.05) is 12.1 Å². The van der Waals surface area contributed by atoms with Crippen LogP contribution >= 0.6 is 0 Å². The summed E-state index contributed by atoms with van der Waals surface area (Å²) in [6.07, 6.45) is 4.09. The molecule has 1 fully saturated rings. The highest BCUT2D eigenvalue weighted by Gasteiger charge is 2.13. The number of carbonyl (C=O) groups is 2. The molecule has 1 aliphatic rings. The van der Waals surface area contributed by atoms with Gasteiger partial charge in [-0.25, -0.2) is 4.79 Å². The van der Waals surface area contributed by atoms with Gasteiger partial charge in [0.25, 0.3) is 0 Å². The number of esters is 1. The van der Waals surface area contributed by atoms with Gasteiger partial charge in [0.05, 0.1) is 12.2 Å². The van der Waals surface area contributed by atoms with Gasteiger partial charge < -0.3 is 20.3 Å². The smallest absolute Gasteiger partial charge is 0.340 e. The number of anilines is 3. The molecule has 6 nitrogen and oxygen atoms in total. The van der Waals surface area contributed by atoms with Gasteiger partial charge in [-0.2, -0.15) is 0 Å². The summed E-state index contributed by atoms with van der Waals surface area (Å²) >= 11 is 0. The molecule has 154 valence electrons. The molecule has 6 heteroatoms. The van der Waals surface area contributed by atoms with Gasteiger partial charge in [0.1, 0.15) is 0 Å². The molecule has 0 unspecified atom stereocenters. The second-order valence-corrected chi connectivity index (χ2v) is 7.09. The quantitative estimate of drug-likeness (QED) is 0.653. The predicted octanol–water partition coefficient (Wildman–Crippen LogP) is 4.29. The summed E-state index contributed by atoms with van der Waals surface area (Å²) in [6.45, 7) is 4.73. The lowest BCUT2D eigenvalue weighted by molar-refractivity contribution is -0.115. The van der Waals surface area contributed by atoms with Crippen molar-refractivity contribution < 1.29 is 14.3 Å². The molecule has 0 saturated carbocycles. The van der Waals surface area contributed by atoms with Crippen LogP contribution in [0.2, 0.25) is 0 Å². The van der Waals surface area contributed by atoms with Crippen LogP contribution in [-0.2, 0) is 9.53 Å². The lowest BCUT2D eigenvalue weighted by atomic mass is 10.1. The van der Waals surface area contributed by atoms with Crippen molar-refractivity contribution in [3.63, 3.8) is 0 Å². The number of rotatable bonds is 8. The van der Waals surface area contributed by atoms with E-state index in [1.165, 1.54) is 24.9 Å². The number of nitrogens with one attached hydrogen (secondary N) is 2. The molecule has 0 aliphatic carbocycles. The molecule has 1 amide bonds. The number of hydrogen-bond donors (Lipinski definition) is 2. The highest BCUT2D eigenvalue weighted by atomic mass is 16.5. The number of amides is 1. The van der Waals surface area contributed by atoms with Gasteiger partial charge in [-0.05, 0) is 62.6 Å². The Bertz CT molecular complexity index is 814. The molecule has 0 bridgehead atoms. The van der Waals surface area contributed by atoms with Gasteiger partial charge in [0.15, 0.2) is 0 Å². The van der Waals surface area contributed by atoms with Crippen LogP contribution in [0.1, 0.15) is 43.0 Å². The normalized spacial score (nSPS) is 13.6. The monoisotopic (exact) mass is 395 g/mol. The maximum Gasteiger partial charge on any atom is 0.340 e. The van der Waals surface area contributed by atoms with Crippen LogP contribution in [0.5, 0.6) is 0 Å². The van der Waals surface area contributed by atoms with Crippen molar-refractivity contribution in [2.45, 2.75) is 32.6 Å². The lowest BCUT2D eigenvalue weighted by Crippen LogP contribution is -2.29. The van der Waals surface area contributed by atoms with E-state index >= 15 is 0 Å². The molecule has 1 heterocycles. The van der Waals surface area contributed by atoms with Gasteiger partial charge in [-0.15, -0.1) is 0 Å². The Morgan fingerprint density at radius 1 is 1.00 bits per heavy atom. The molecule has 0 atom stereocenters. The standard InChI is InChI=1S/C23H29N3O3/c1-2-29-23(28)20-8-4-5-9-21(20)24-15-14-22(27)25-18-10-12-19(13-11-18)26-16-6-3-7-17-26/h4-5,8-13,24H,2-3,6-7,14-17H2,1H3,(H,25,27). The van der Waals surface area contributed by atoms with Crippen LogP contribution in [0.15, 0.2) is 48.5 Å². The molecule has 3 rings (SSSR count). The third-order valence-electron chi connectivity index (χ3n) is 4.96. The first-order valence-corrected chi connectivity index (χ1v) is 10.3. The van der Waals surface area contributed by atoms with E-state index in [1.807, 2.05) is 24.3 Å². The van der Waals surface area contributed by atoms with Gasteiger partial charge in [0, 0.05) is 43.1 Å². The number of ether oxygens (including phenoxy) is 1. The van der Waals surface area contributed by atoms with Crippen molar-refractivity contribution >= 4 is 28.9 Å². The Morgan fingerprint density at radius 2 is 1.72 bits per heavy atom. The van der Waals surface area contributed by atoms with E-state index < -0.39 is 0 Å². The summed E-state index contributed by atoms with van der Waals surface area (Å²) in [5.41, 5.74) is 3.15. The Morgan fingerprint density at radius 3 is 2.45 bits per heavy atom. The molecular formula is C23H29N3O3. The van der Waals surface area contributed by atoms with E-state index in [0.29, 0.717) is 30.8 Å². The second kappa shape index (κ2) is 10.5. The van der Waals surface area contributed by atoms with Crippen LogP contribution in [0, 0.1) is 0 Å². The maximum atomic E-state index is 12.3. The molecule has 2 N–H and O–H groups in total. The van der Waals surface area contributed by atoms with Crippen LogP contribution in [0.25, 0.3) is 0 Å². The number of piperidine rings is 1. The summed E-state index contributed by atoms with van der Waals surface area (Å²) in [6, 6.07) is 15.2. The van der Waals surface area contributed by atoms with Crippen molar-refractivity contribution in [1.29, 1.82) is 0 Å². The molecule has 0 spiro atoms. The summed E-state index contributed by atoms with van der Waals surface area (Å²) < 4.78 is 5.07. The van der Waals surface area contributed by atoms with Crippen LogP contribution in [0.3, 0.4) is 0 Å². The zero-order valence-corrected chi connectivity index (χ0v) is 16.9. The minimum Gasteiger partial charge on any atom is -0.462 e. The summed E-state index contributed by atoms with van der Waals surface area (Å²) in [7, 11) is 0. The van der Waals surface area contributed by atoms with E-state index in [9.17, 15) is 9.59 Å². The molecular weight excluding hydrogens is 366 g/mol. The van der Waals surface area contributed by atoms with E-state index in [0.717, 1.165) is 18.8 Å². The van der Waals surface area contributed by atoms with Gasteiger partial charge >= 0.3 is 5.97 Å². The van der Waals surface area contributed by atoms with Crippen molar-refractivity contribution in [2.75, 3.05) is 41.8 Å². The average molecular weight is 396 g/mol. The van der Waals surface area contributed by atoms with Crippen molar-refractivity contribution in [3.05, 3.63) is 54.1 Å². The number of nitrogens with zero attached hydrogens (tertiary/aromatic N) is 1. The van der Waals surface area contributed by atoms with Crippen LogP contribution < -0.4 is 15.5 Å². The SMILES string of the molecule is CCOC(=O)c1ccccc1NCCC(=O)Nc1ccc(N2CCCCC2)cc1. The molecule has 29 heavy (non-hydrogen) atoms. The third kappa shape index (κ3) is 5.98. The van der Waals surface area contributed by atoms with Crippen LogP contribution in [-0.4, -0.2) is 38.1 Å². The number of benzene rings is 2. The van der Waals surface area contributed by atoms with Crippen molar-refractivity contribution in [1.82, 2.24) is 0 Å². The minimum absolute atomic E-state index is 0.0724. The van der Waals surface area contributed by atoms with E-state index in [4.69, 9.17) is 4.74 Å². The summed E-state index contributed by atoms with van der Waals surface area (Å²) in [5.74, 6) is -0.439. The Labute approximate surface area is 172 Å². The molecule has 1 saturated heterocycles. The largest absolute Gasteiger partial charge is 0.462 e. The van der Waals surface area contributed by atoms with Crippen LogP contribution in [0.4, 0.5) is 17.1 Å². The molecule has 0 radical (unpaired) electrons. The first-order valence-electron chi connectivity index (χ1n) is 10.3. The maximum absolute atomic E-state index is 12.3. The zero-order valence-electron chi connectivity index (χ0n) is 16.9. The minimum atomic E-state index is -0.367. The Hall–Kier alpha value is -3.02. The second-order valence-electron chi connectivity index (χ2n) is 7.09. The fourth-order valence-corrected chi connectivity index (χ4v) is 3.47. The van der Waals surface area contributed by atoms with E-state index in [-0.39, 0.29) is 11.9 Å². The highest BCUT2D eigenvalue weighted by Crippen LogP contribution is 2.22. The van der Waals surface area contributed by atoms with Gasteiger partial charge in [0.2, 0.25) is 5.91 Å². The summed E-state index contributed by atoms with van der Waals surface area (Å²) in [4.78, 5) is 26.6. The predicted molar refractivity (Wildman–Crippen MR) is 117 cm³/mol. The fraction of sp³-hybridized carbons (Fsp3) is 0.391. The Balaban J connectivity index is 1.47. The lowest BCUT2D eigenvalue weighted by Gasteiger charge is -2.28. The van der Waals surface area contributed by atoms with E-state index in [2.05, 4.69) is 27.7 Å². The zero-order chi connectivity index (χ0) is 20.5. The molecule has 0 aromatic heterocycles. The first kappa shape index (κ1) is 20.7. The molecule has 2 aromatic carbocycles. The third-order valence-corrected chi connectivity index (χ3v) is 4.96. The Kier molecular flexibility index (Phi) is 7.50. The fourth-order valence-electron chi connectivity index (χ4n) is 3.47. The summed E-state index contributed by atoms with van der Waals surface area (Å²) in [5, 5.41) is 6.08. The number of hydrogen-bond acceptors (Lipinski definition) is 5. The molecule has 1 aliphatic heterocycles.